The summed E-state index contributed by atoms with van der Waals surface area (Å²) in [5.74, 6) is 0.0914. The smallest absolute Gasteiger partial charge is 0.255 e. The van der Waals surface area contributed by atoms with Gasteiger partial charge in [0, 0.05) is 24.8 Å². The zero-order valence-electron chi connectivity index (χ0n) is 12.2. The molecule has 2 saturated heterocycles. The first-order chi connectivity index (χ1) is 10.2. The number of piperidine rings is 1. The summed E-state index contributed by atoms with van der Waals surface area (Å²) in [6, 6.07) is 6.03. The summed E-state index contributed by atoms with van der Waals surface area (Å²) in [4.78, 5) is 17.2. The molecule has 0 bridgehead atoms. The van der Waals surface area contributed by atoms with E-state index >= 15 is 0 Å². The molecule has 114 valence electrons. The van der Waals surface area contributed by atoms with E-state index in [-0.39, 0.29) is 5.91 Å². The Hall–Kier alpha value is -1.07. The fourth-order valence-electron chi connectivity index (χ4n) is 3.39. The number of likely N-dealkylation sites (tertiary alicyclic amines) is 2. The fraction of sp³-hybridized carbons (Fsp3) is 0.562. The number of rotatable bonds is 2. The van der Waals surface area contributed by atoms with Crippen molar-refractivity contribution >= 4 is 27.5 Å². The average Bonchev–Trinajstić information content (AvgIpc) is 3.00. The summed E-state index contributed by atoms with van der Waals surface area (Å²) >= 11 is 3.44. The van der Waals surface area contributed by atoms with Crippen molar-refractivity contribution in [2.75, 3.05) is 31.9 Å². The van der Waals surface area contributed by atoms with Crippen molar-refractivity contribution in [2.45, 2.75) is 31.7 Å². The van der Waals surface area contributed by atoms with Gasteiger partial charge in [-0.2, -0.15) is 0 Å². The standard InChI is InChI=1S/C16H22BrN3O/c17-15-13(5-4-6-14(15)18)16(21)20-10-7-12(11-20)19-8-2-1-3-9-19/h4-6,12H,1-3,7-11,18H2. The first kappa shape index (κ1) is 14.9. The van der Waals surface area contributed by atoms with Gasteiger partial charge in [0.2, 0.25) is 0 Å². The summed E-state index contributed by atoms with van der Waals surface area (Å²) < 4.78 is 0.719. The minimum Gasteiger partial charge on any atom is -0.398 e. The Kier molecular flexibility index (Phi) is 4.50. The fourth-order valence-corrected chi connectivity index (χ4v) is 3.83. The van der Waals surface area contributed by atoms with E-state index in [1.807, 2.05) is 17.0 Å². The van der Waals surface area contributed by atoms with E-state index in [9.17, 15) is 4.79 Å². The first-order valence-electron chi connectivity index (χ1n) is 7.74. The normalized spacial score (nSPS) is 23.5. The predicted molar refractivity (Wildman–Crippen MR) is 88.3 cm³/mol. The van der Waals surface area contributed by atoms with E-state index in [1.165, 1.54) is 32.4 Å². The van der Waals surface area contributed by atoms with Gasteiger partial charge in [-0.05, 0) is 60.4 Å². The highest BCUT2D eigenvalue weighted by Gasteiger charge is 2.32. The summed E-state index contributed by atoms with van der Waals surface area (Å²) in [7, 11) is 0. The number of halogens is 1. The quantitative estimate of drug-likeness (QED) is 0.833. The SMILES string of the molecule is Nc1cccc(C(=O)N2CCC(N3CCCCC3)C2)c1Br. The van der Waals surface area contributed by atoms with Crippen molar-refractivity contribution in [3.8, 4) is 0 Å². The molecule has 1 aromatic carbocycles. The Balaban J connectivity index is 1.68. The van der Waals surface area contributed by atoms with Crippen LogP contribution in [0, 0.1) is 0 Å². The minimum absolute atomic E-state index is 0.0914. The summed E-state index contributed by atoms with van der Waals surface area (Å²) in [5.41, 5.74) is 7.17. The van der Waals surface area contributed by atoms with Gasteiger partial charge in [0.1, 0.15) is 0 Å². The maximum atomic E-state index is 12.7. The van der Waals surface area contributed by atoms with Crippen LogP contribution in [0.15, 0.2) is 22.7 Å². The molecule has 1 unspecified atom stereocenters. The van der Waals surface area contributed by atoms with Crippen LogP contribution in [0.3, 0.4) is 0 Å². The molecule has 0 saturated carbocycles. The average molecular weight is 352 g/mol. The molecule has 0 aliphatic carbocycles. The second kappa shape index (κ2) is 6.36. The number of carbonyl (C=O) groups excluding carboxylic acids is 1. The van der Waals surface area contributed by atoms with Crippen LogP contribution in [0.5, 0.6) is 0 Å². The highest BCUT2D eigenvalue weighted by Crippen LogP contribution is 2.27. The highest BCUT2D eigenvalue weighted by atomic mass is 79.9. The molecular weight excluding hydrogens is 330 g/mol. The number of hydrogen-bond donors (Lipinski definition) is 1. The van der Waals surface area contributed by atoms with Gasteiger partial charge in [-0.3, -0.25) is 9.69 Å². The van der Waals surface area contributed by atoms with Crippen molar-refractivity contribution in [1.29, 1.82) is 0 Å². The Morgan fingerprint density at radius 2 is 1.95 bits per heavy atom. The summed E-state index contributed by atoms with van der Waals surface area (Å²) in [5, 5.41) is 0. The third-order valence-electron chi connectivity index (χ3n) is 4.62. The van der Waals surface area contributed by atoms with Gasteiger partial charge in [-0.1, -0.05) is 12.5 Å². The number of benzene rings is 1. The minimum atomic E-state index is 0.0914. The zero-order valence-corrected chi connectivity index (χ0v) is 13.8. The van der Waals surface area contributed by atoms with Gasteiger partial charge in [-0.15, -0.1) is 0 Å². The molecule has 2 aliphatic rings. The van der Waals surface area contributed by atoms with Gasteiger partial charge in [0.15, 0.2) is 0 Å². The Labute approximate surface area is 134 Å². The van der Waals surface area contributed by atoms with Crippen molar-refractivity contribution in [2.24, 2.45) is 0 Å². The lowest BCUT2D eigenvalue weighted by Crippen LogP contribution is -2.41. The number of hydrogen-bond acceptors (Lipinski definition) is 3. The van der Waals surface area contributed by atoms with Crippen LogP contribution in [0.2, 0.25) is 0 Å². The van der Waals surface area contributed by atoms with Crippen molar-refractivity contribution in [1.82, 2.24) is 9.80 Å². The number of carbonyl (C=O) groups is 1. The molecule has 2 N–H and O–H groups in total. The van der Waals surface area contributed by atoms with E-state index in [0.29, 0.717) is 17.3 Å². The van der Waals surface area contributed by atoms with E-state index in [4.69, 9.17) is 5.73 Å². The predicted octanol–water partition coefficient (Wildman–Crippen LogP) is 2.73. The lowest BCUT2D eigenvalue weighted by atomic mass is 10.1. The van der Waals surface area contributed by atoms with E-state index in [1.54, 1.807) is 6.07 Å². The lowest BCUT2D eigenvalue weighted by molar-refractivity contribution is 0.0770. The molecule has 0 radical (unpaired) electrons. The number of nitrogens with zero attached hydrogens (tertiary/aromatic N) is 2. The number of anilines is 1. The molecule has 4 nitrogen and oxygen atoms in total. The Morgan fingerprint density at radius 1 is 1.19 bits per heavy atom. The second-order valence-corrected chi connectivity index (χ2v) is 6.79. The summed E-state index contributed by atoms with van der Waals surface area (Å²) in [6.07, 6.45) is 5.03. The zero-order chi connectivity index (χ0) is 14.8. The maximum absolute atomic E-state index is 12.7. The molecule has 2 aliphatic heterocycles. The Morgan fingerprint density at radius 3 is 2.71 bits per heavy atom. The number of nitrogen functional groups attached to an aromatic ring is 1. The first-order valence-corrected chi connectivity index (χ1v) is 8.53. The van der Waals surface area contributed by atoms with Gasteiger partial charge in [0.05, 0.1) is 10.0 Å². The van der Waals surface area contributed by atoms with E-state index in [0.717, 1.165) is 24.0 Å². The molecule has 0 spiro atoms. The highest BCUT2D eigenvalue weighted by molar-refractivity contribution is 9.10. The third kappa shape index (κ3) is 3.09. The second-order valence-electron chi connectivity index (χ2n) is 6.00. The molecule has 2 fully saturated rings. The van der Waals surface area contributed by atoms with Crippen LogP contribution in [-0.2, 0) is 0 Å². The molecule has 0 aromatic heterocycles. The van der Waals surface area contributed by atoms with E-state index in [2.05, 4.69) is 20.8 Å². The van der Waals surface area contributed by atoms with Crippen LogP contribution < -0.4 is 5.73 Å². The lowest BCUT2D eigenvalue weighted by Gasteiger charge is -2.32. The molecule has 5 heteroatoms. The molecule has 2 heterocycles. The maximum Gasteiger partial charge on any atom is 0.255 e. The van der Waals surface area contributed by atoms with Crippen LogP contribution >= 0.6 is 15.9 Å². The van der Waals surface area contributed by atoms with Gasteiger partial charge in [-0.25, -0.2) is 0 Å². The van der Waals surface area contributed by atoms with Crippen molar-refractivity contribution in [3.05, 3.63) is 28.2 Å². The van der Waals surface area contributed by atoms with Crippen LogP contribution in [0.1, 0.15) is 36.0 Å². The van der Waals surface area contributed by atoms with Crippen molar-refractivity contribution in [3.63, 3.8) is 0 Å². The van der Waals surface area contributed by atoms with E-state index < -0.39 is 0 Å². The van der Waals surface area contributed by atoms with Crippen LogP contribution in [0.25, 0.3) is 0 Å². The number of amides is 1. The Bertz CT molecular complexity index is 528. The van der Waals surface area contributed by atoms with Crippen LogP contribution in [-0.4, -0.2) is 47.9 Å². The molecule has 21 heavy (non-hydrogen) atoms. The van der Waals surface area contributed by atoms with Crippen LogP contribution in [0.4, 0.5) is 5.69 Å². The van der Waals surface area contributed by atoms with Gasteiger partial charge >= 0.3 is 0 Å². The third-order valence-corrected chi connectivity index (χ3v) is 5.50. The molecule has 3 rings (SSSR count). The largest absolute Gasteiger partial charge is 0.398 e. The molecule has 1 aromatic rings. The van der Waals surface area contributed by atoms with Crippen molar-refractivity contribution < 1.29 is 4.79 Å². The molecular formula is C16H22BrN3O. The number of nitrogens with two attached hydrogens (primary N) is 1. The van der Waals surface area contributed by atoms with Gasteiger partial charge < -0.3 is 10.6 Å². The molecule has 1 amide bonds. The van der Waals surface area contributed by atoms with Gasteiger partial charge in [0.25, 0.3) is 5.91 Å². The topological polar surface area (TPSA) is 49.6 Å². The molecule has 1 atom stereocenters. The summed E-state index contributed by atoms with van der Waals surface area (Å²) in [6.45, 7) is 4.07. The monoisotopic (exact) mass is 351 g/mol.